The van der Waals surface area contributed by atoms with E-state index < -0.39 is 0 Å². The van der Waals surface area contributed by atoms with Crippen molar-refractivity contribution in [1.29, 1.82) is 5.26 Å². The summed E-state index contributed by atoms with van der Waals surface area (Å²) in [5.41, 5.74) is 2.03. The summed E-state index contributed by atoms with van der Waals surface area (Å²) in [4.78, 5) is 4.17. The largest absolute Gasteiger partial charge is 0.366 e. The first-order valence-electron chi connectivity index (χ1n) is 5.37. The molecule has 0 saturated heterocycles. The van der Waals surface area contributed by atoms with E-state index >= 15 is 0 Å². The highest BCUT2D eigenvalue weighted by Gasteiger charge is 2.03. The second kappa shape index (κ2) is 5.29. The average Bonchev–Trinajstić information content (AvgIpc) is 2.38. The molecule has 1 aliphatic heterocycles. The number of nitrogens with one attached hydrogen (secondary N) is 2. The molecule has 0 fully saturated rings. The number of hydrogen-bond acceptors (Lipinski definition) is 4. The predicted molar refractivity (Wildman–Crippen MR) is 63.0 cm³/mol. The van der Waals surface area contributed by atoms with Crippen LogP contribution >= 0.6 is 0 Å². The molecule has 2 heterocycles. The number of anilines is 1. The Morgan fingerprint density at radius 1 is 1.56 bits per heavy atom. The van der Waals surface area contributed by atoms with Crippen LogP contribution in [0.3, 0.4) is 0 Å². The maximum Gasteiger partial charge on any atom is 0.127 e. The van der Waals surface area contributed by atoms with Crippen LogP contribution in [0.15, 0.2) is 30.0 Å². The van der Waals surface area contributed by atoms with E-state index in [0.29, 0.717) is 5.56 Å². The number of aromatic nitrogens is 1. The van der Waals surface area contributed by atoms with Crippen molar-refractivity contribution in [3.8, 4) is 6.07 Å². The molecular weight excluding hydrogens is 200 g/mol. The Bertz CT molecular complexity index is 431. The maximum absolute atomic E-state index is 8.75. The second-order valence-electron chi connectivity index (χ2n) is 3.71. The zero-order chi connectivity index (χ0) is 11.2. The molecule has 16 heavy (non-hydrogen) atoms. The molecule has 2 rings (SSSR count). The third kappa shape index (κ3) is 2.81. The van der Waals surface area contributed by atoms with Crippen molar-refractivity contribution >= 4 is 5.82 Å². The van der Waals surface area contributed by atoms with Crippen molar-refractivity contribution in [2.75, 3.05) is 25.0 Å². The summed E-state index contributed by atoms with van der Waals surface area (Å²) in [7, 11) is 0. The molecule has 2 N–H and O–H groups in total. The Labute approximate surface area is 95.0 Å². The van der Waals surface area contributed by atoms with E-state index in [9.17, 15) is 0 Å². The van der Waals surface area contributed by atoms with Crippen molar-refractivity contribution < 1.29 is 0 Å². The van der Waals surface area contributed by atoms with Crippen molar-refractivity contribution in [3.05, 3.63) is 35.5 Å². The van der Waals surface area contributed by atoms with Gasteiger partial charge in [0.2, 0.25) is 0 Å². The molecule has 0 bridgehead atoms. The lowest BCUT2D eigenvalue weighted by Gasteiger charge is -2.14. The first-order chi connectivity index (χ1) is 7.88. The van der Waals surface area contributed by atoms with Crippen LogP contribution in [0.5, 0.6) is 0 Å². The first kappa shape index (κ1) is 10.7. The second-order valence-corrected chi connectivity index (χ2v) is 3.71. The fourth-order valence-corrected chi connectivity index (χ4v) is 1.63. The topological polar surface area (TPSA) is 60.7 Å². The molecule has 0 aromatic carbocycles. The van der Waals surface area contributed by atoms with Gasteiger partial charge in [0, 0.05) is 19.3 Å². The van der Waals surface area contributed by atoms with Gasteiger partial charge in [-0.2, -0.15) is 5.26 Å². The minimum absolute atomic E-state index is 0.636. The summed E-state index contributed by atoms with van der Waals surface area (Å²) in [5.74, 6) is 0.762. The molecule has 0 atom stereocenters. The monoisotopic (exact) mass is 214 g/mol. The van der Waals surface area contributed by atoms with Crippen molar-refractivity contribution in [3.63, 3.8) is 0 Å². The van der Waals surface area contributed by atoms with Crippen LogP contribution in [0.25, 0.3) is 0 Å². The van der Waals surface area contributed by atoms with Gasteiger partial charge >= 0.3 is 0 Å². The summed E-state index contributed by atoms with van der Waals surface area (Å²) < 4.78 is 0. The van der Waals surface area contributed by atoms with Gasteiger partial charge in [0.05, 0.1) is 11.6 Å². The van der Waals surface area contributed by atoms with Crippen molar-refractivity contribution in [1.82, 2.24) is 10.3 Å². The van der Waals surface area contributed by atoms with E-state index in [1.807, 2.05) is 0 Å². The van der Waals surface area contributed by atoms with Crippen LogP contribution in [0.1, 0.15) is 12.0 Å². The number of pyridine rings is 1. The Balaban J connectivity index is 1.94. The molecular formula is C12H14N4. The molecule has 0 radical (unpaired) electrons. The van der Waals surface area contributed by atoms with E-state index in [1.165, 1.54) is 5.57 Å². The fraction of sp³-hybridized carbons (Fsp3) is 0.333. The van der Waals surface area contributed by atoms with Gasteiger partial charge in [-0.25, -0.2) is 4.98 Å². The fourth-order valence-electron chi connectivity index (χ4n) is 1.63. The minimum atomic E-state index is 0.636. The van der Waals surface area contributed by atoms with Gasteiger partial charge < -0.3 is 10.6 Å². The number of rotatable bonds is 3. The van der Waals surface area contributed by atoms with Crippen LogP contribution < -0.4 is 10.6 Å². The van der Waals surface area contributed by atoms with Gasteiger partial charge in [0.1, 0.15) is 5.82 Å². The summed E-state index contributed by atoms with van der Waals surface area (Å²) in [5, 5.41) is 15.3. The van der Waals surface area contributed by atoms with Gasteiger partial charge in [-0.3, -0.25) is 0 Å². The summed E-state index contributed by atoms with van der Waals surface area (Å²) in [6, 6.07) is 5.57. The van der Waals surface area contributed by atoms with E-state index in [-0.39, 0.29) is 0 Å². The molecule has 1 aromatic rings. The quantitative estimate of drug-likeness (QED) is 0.744. The standard InChI is InChI=1S/C12H14N4/c13-8-11-3-6-15-12(7-11)16-9-10-1-4-14-5-2-10/h1,3,6-7,14H,2,4-5,9H2,(H,15,16). The van der Waals surface area contributed by atoms with Crippen LogP contribution in [0.2, 0.25) is 0 Å². The van der Waals surface area contributed by atoms with Gasteiger partial charge in [0.25, 0.3) is 0 Å². The SMILES string of the molecule is N#Cc1ccnc(NCC2=CCNCC2)c1. The van der Waals surface area contributed by atoms with Crippen molar-refractivity contribution in [2.24, 2.45) is 0 Å². The summed E-state index contributed by atoms with van der Waals surface area (Å²) in [6.07, 6.45) is 4.92. The maximum atomic E-state index is 8.75. The Hall–Kier alpha value is -1.86. The Morgan fingerprint density at radius 3 is 3.25 bits per heavy atom. The van der Waals surface area contributed by atoms with Gasteiger partial charge in [-0.05, 0) is 25.1 Å². The number of nitriles is 1. The molecule has 1 aliphatic rings. The molecule has 4 heteroatoms. The zero-order valence-corrected chi connectivity index (χ0v) is 9.03. The lowest BCUT2D eigenvalue weighted by Crippen LogP contribution is -2.23. The van der Waals surface area contributed by atoms with Gasteiger partial charge in [0.15, 0.2) is 0 Å². The van der Waals surface area contributed by atoms with Crippen LogP contribution in [0.4, 0.5) is 5.82 Å². The molecule has 0 unspecified atom stereocenters. The Kier molecular flexibility index (Phi) is 3.52. The summed E-state index contributed by atoms with van der Waals surface area (Å²) >= 11 is 0. The van der Waals surface area contributed by atoms with E-state index in [2.05, 4.69) is 27.8 Å². The van der Waals surface area contributed by atoms with Crippen LogP contribution in [-0.2, 0) is 0 Å². The Morgan fingerprint density at radius 2 is 2.50 bits per heavy atom. The third-order valence-corrected chi connectivity index (χ3v) is 2.54. The molecule has 0 aliphatic carbocycles. The lowest BCUT2D eigenvalue weighted by atomic mass is 10.1. The first-order valence-corrected chi connectivity index (χ1v) is 5.37. The number of hydrogen-bond donors (Lipinski definition) is 2. The molecule has 1 aromatic heterocycles. The van der Waals surface area contributed by atoms with Crippen LogP contribution in [-0.4, -0.2) is 24.6 Å². The lowest BCUT2D eigenvalue weighted by molar-refractivity contribution is 0.697. The number of nitrogens with zero attached hydrogens (tertiary/aromatic N) is 2. The van der Waals surface area contributed by atoms with Crippen molar-refractivity contribution in [2.45, 2.75) is 6.42 Å². The summed E-state index contributed by atoms with van der Waals surface area (Å²) in [6.45, 7) is 2.80. The molecule has 0 saturated carbocycles. The van der Waals surface area contributed by atoms with Gasteiger partial charge in [-0.15, -0.1) is 0 Å². The molecule has 0 spiro atoms. The molecule has 0 amide bonds. The molecule has 4 nitrogen and oxygen atoms in total. The van der Waals surface area contributed by atoms with E-state index in [0.717, 1.165) is 31.9 Å². The highest BCUT2D eigenvalue weighted by Crippen LogP contribution is 2.09. The predicted octanol–water partition coefficient (Wildman–Crippen LogP) is 1.28. The normalized spacial score (nSPS) is 15.1. The smallest absolute Gasteiger partial charge is 0.127 e. The highest BCUT2D eigenvalue weighted by atomic mass is 15.0. The van der Waals surface area contributed by atoms with Gasteiger partial charge in [-0.1, -0.05) is 11.6 Å². The average molecular weight is 214 g/mol. The van der Waals surface area contributed by atoms with Crippen LogP contribution in [0, 0.1) is 11.3 Å². The zero-order valence-electron chi connectivity index (χ0n) is 9.03. The highest BCUT2D eigenvalue weighted by molar-refractivity contribution is 5.43. The van der Waals surface area contributed by atoms with E-state index in [1.54, 1.807) is 18.3 Å². The minimum Gasteiger partial charge on any atom is -0.366 e. The molecule has 82 valence electrons. The third-order valence-electron chi connectivity index (χ3n) is 2.54. The van der Waals surface area contributed by atoms with E-state index in [4.69, 9.17) is 5.26 Å².